The Labute approximate surface area is 132 Å². The first-order chi connectivity index (χ1) is 10.2. The van der Waals surface area contributed by atoms with E-state index in [9.17, 15) is 4.39 Å². The lowest BCUT2D eigenvalue weighted by molar-refractivity contribution is 0.633. The van der Waals surface area contributed by atoms with Gasteiger partial charge in [-0.2, -0.15) is 0 Å². The number of rotatable bonds is 3. The van der Waals surface area contributed by atoms with E-state index >= 15 is 0 Å². The van der Waals surface area contributed by atoms with Gasteiger partial charge in [-0.15, -0.1) is 23.5 Å². The van der Waals surface area contributed by atoms with Crippen LogP contribution in [0, 0.1) is 5.82 Å². The predicted molar refractivity (Wildman–Crippen MR) is 92.9 cm³/mol. The van der Waals surface area contributed by atoms with Gasteiger partial charge in [0.1, 0.15) is 5.82 Å². The maximum absolute atomic E-state index is 14.5. The predicted octanol–water partition coefficient (Wildman–Crippen LogP) is 6.09. The Hall–Kier alpha value is -1.45. The van der Waals surface area contributed by atoms with E-state index in [-0.39, 0.29) is 5.82 Å². The summed E-state index contributed by atoms with van der Waals surface area (Å²) in [5, 5.41) is 2.00. The minimum absolute atomic E-state index is 0.166. The van der Waals surface area contributed by atoms with Crippen molar-refractivity contribution in [2.45, 2.75) is 9.79 Å². The molecule has 3 rings (SSSR count). The summed E-state index contributed by atoms with van der Waals surface area (Å²) in [7, 11) is 0. The zero-order valence-electron chi connectivity index (χ0n) is 11.9. The zero-order chi connectivity index (χ0) is 14.8. The molecule has 0 aliphatic rings. The Balaban J connectivity index is 2.22. The van der Waals surface area contributed by atoms with Crippen LogP contribution in [-0.2, 0) is 0 Å². The first-order valence-corrected chi connectivity index (χ1v) is 9.08. The topological polar surface area (TPSA) is 0 Å². The first-order valence-electron chi connectivity index (χ1n) is 6.63. The number of halogens is 1. The van der Waals surface area contributed by atoms with E-state index in [4.69, 9.17) is 0 Å². The van der Waals surface area contributed by atoms with Crippen molar-refractivity contribution in [3.63, 3.8) is 0 Å². The van der Waals surface area contributed by atoms with Crippen LogP contribution in [-0.4, -0.2) is 12.5 Å². The number of hydrogen-bond donors (Lipinski definition) is 0. The van der Waals surface area contributed by atoms with Gasteiger partial charge in [-0.05, 0) is 53.1 Å². The van der Waals surface area contributed by atoms with Crippen LogP contribution in [0.25, 0.3) is 21.9 Å². The molecule has 0 N–H and O–H groups in total. The average Bonchev–Trinajstić information content (AvgIpc) is 2.53. The largest absolute Gasteiger partial charge is 0.206 e. The molecule has 0 saturated carbocycles. The van der Waals surface area contributed by atoms with Crippen LogP contribution >= 0.6 is 23.5 Å². The Bertz CT molecular complexity index is 796. The van der Waals surface area contributed by atoms with Crippen molar-refractivity contribution in [2.24, 2.45) is 0 Å². The summed E-state index contributed by atoms with van der Waals surface area (Å²) in [6.07, 6.45) is 4.08. The Morgan fingerprint density at radius 1 is 0.762 bits per heavy atom. The molecule has 0 bridgehead atoms. The summed E-state index contributed by atoms with van der Waals surface area (Å²) in [5.74, 6) is -0.166. The number of thioether (sulfide) groups is 2. The van der Waals surface area contributed by atoms with Crippen LogP contribution in [0.2, 0.25) is 0 Å². The van der Waals surface area contributed by atoms with E-state index < -0.39 is 0 Å². The lowest BCUT2D eigenvalue weighted by Gasteiger charge is -2.11. The van der Waals surface area contributed by atoms with Gasteiger partial charge in [-0.1, -0.05) is 30.3 Å². The SMILES string of the molecule is CSc1ccc(-c2cc3ccccc3cc2F)c(SC)c1. The van der Waals surface area contributed by atoms with Crippen molar-refractivity contribution in [1.29, 1.82) is 0 Å². The molecule has 0 spiro atoms. The number of fused-ring (bicyclic) bond motifs is 1. The smallest absolute Gasteiger partial charge is 0.131 e. The molecule has 3 aromatic rings. The van der Waals surface area contributed by atoms with Gasteiger partial charge in [0.25, 0.3) is 0 Å². The highest BCUT2D eigenvalue weighted by atomic mass is 32.2. The highest BCUT2D eigenvalue weighted by molar-refractivity contribution is 7.99. The summed E-state index contributed by atoms with van der Waals surface area (Å²) < 4.78 is 14.5. The molecule has 0 nitrogen and oxygen atoms in total. The van der Waals surface area contributed by atoms with Gasteiger partial charge in [-0.3, -0.25) is 0 Å². The normalized spacial score (nSPS) is 11.0. The highest BCUT2D eigenvalue weighted by Crippen LogP contribution is 2.36. The minimum Gasteiger partial charge on any atom is -0.206 e. The summed E-state index contributed by atoms with van der Waals surface area (Å²) in [6, 6.07) is 17.6. The second kappa shape index (κ2) is 6.12. The molecule has 0 amide bonds. The second-order valence-electron chi connectivity index (χ2n) is 4.75. The molecule has 0 aromatic heterocycles. The van der Waals surface area contributed by atoms with Crippen LogP contribution in [0.5, 0.6) is 0 Å². The van der Waals surface area contributed by atoms with Gasteiger partial charge < -0.3 is 0 Å². The van der Waals surface area contributed by atoms with Crippen molar-refractivity contribution in [1.82, 2.24) is 0 Å². The number of hydrogen-bond acceptors (Lipinski definition) is 2. The third-order valence-electron chi connectivity index (χ3n) is 3.53. The van der Waals surface area contributed by atoms with Crippen LogP contribution in [0.15, 0.2) is 64.4 Å². The molecule has 0 heterocycles. The van der Waals surface area contributed by atoms with Crippen molar-refractivity contribution in [3.8, 4) is 11.1 Å². The zero-order valence-corrected chi connectivity index (χ0v) is 13.5. The van der Waals surface area contributed by atoms with Gasteiger partial charge in [0.15, 0.2) is 0 Å². The Morgan fingerprint density at radius 2 is 1.48 bits per heavy atom. The molecule has 3 heteroatoms. The quantitative estimate of drug-likeness (QED) is 0.536. The summed E-state index contributed by atoms with van der Waals surface area (Å²) >= 11 is 3.36. The molecule has 3 aromatic carbocycles. The van der Waals surface area contributed by atoms with Crippen molar-refractivity contribution in [3.05, 3.63) is 60.4 Å². The monoisotopic (exact) mass is 314 g/mol. The molecule has 0 unspecified atom stereocenters. The van der Waals surface area contributed by atoms with E-state index in [0.29, 0.717) is 5.56 Å². The van der Waals surface area contributed by atoms with Gasteiger partial charge in [0, 0.05) is 15.4 Å². The van der Waals surface area contributed by atoms with Crippen LogP contribution in [0.4, 0.5) is 4.39 Å². The van der Waals surface area contributed by atoms with E-state index in [0.717, 1.165) is 21.2 Å². The van der Waals surface area contributed by atoms with Gasteiger partial charge >= 0.3 is 0 Å². The summed E-state index contributed by atoms with van der Waals surface area (Å²) in [4.78, 5) is 2.31. The molecular weight excluding hydrogens is 299 g/mol. The number of benzene rings is 3. The lowest BCUT2D eigenvalue weighted by Crippen LogP contribution is -1.89. The third-order valence-corrected chi connectivity index (χ3v) is 5.04. The van der Waals surface area contributed by atoms with Gasteiger partial charge in [0.2, 0.25) is 0 Å². The standard InChI is InChI=1S/C18H15FS2/c1-20-14-7-8-15(18(11-14)21-2)16-9-12-5-3-4-6-13(12)10-17(16)19/h3-11H,1-2H3. The lowest BCUT2D eigenvalue weighted by atomic mass is 10.0. The van der Waals surface area contributed by atoms with Crippen molar-refractivity contribution in [2.75, 3.05) is 12.5 Å². The minimum atomic E-state index is -0.166. The molecule has 0 aliphatic heterocycles. The van der Waals surface area contributed by atoms with Crippen molar-refractivity contribution >= 4 is 34.3 Å². The summed E-state index contributed by atoms with van der Waals surface area (Å²) in [5.41, 5.74) is 1.63. The fourth-order valence-corrected chi connectivity index (χ4v) is 3.60. The first kappa shape index (κ1) is 14.5. The molecule has 0 aliphatic carbocycles. The molecule has 0 fully saturated rings. The molecule has 0 radical (unpaired) electrons. The molecule has 0 atom stereocenters. The maximum Gasteiger partial charge on any atom is 0.131 e. The van der Waals surface area contributed by atoms with E-state index in [1.807, 2.05) is 48.7 Å². The molecular formula is C18H15FS2. The van der Waals surface area contributed by atoms with Gasteiger partial charge in [-0.25, -0.2) is 4.39 Å². The highest BCUT2D eigenvalue weighted by Gasteiger charge is 2.11. The van der Waals surface area contributed by atoms with E-state index in [2.05, 4.69) is 12.3 Å². The average molecular weight is 314 g/mol. The van der Waals surface area contributed by atoms with E-state index in [1.54, 1.807) is 29.6 Å². The maximum atomic E-state index is 14.5. The third kappa shape index (κ3) is 2.81. The van der Waals surface area contributed by atoms with Crippen LogP contribution < -0.4 is 0 Å². The van der Waals surface area contributed by atoms with Crippen LogP contribution in [0.3, 0.4) is 0 Å². The van der Waals surface area contributed by atoms with E-state index in [1.165, 1.54) is 4.90 Å². The molecule has 21 heavy (non-hydrogen) atoms. The Morgan fingerprint density at radius 3 is 2.14 bits per heavy atom. The molecule has 106 valence electrons. The second-order valence-corrected chi connectivity index (χ2v) is 6.47. The Kier molecular flexibility index (Phi) is 4.22. The van der Waals surface area contributed by atoms with Gasteiger partial charge in [0.05, 0.1) is 0 Å². The fourth-order valence-electron chi connectivity index (χ4n) is 2.44. The fraction of sp³-hybridized carbons (Fsp3) is 0.111. The van der Waals surface area contributed by atoms with Crippen LogP contribution in [0.1, 0.15) is 0 Å². The molecule has 0 saturated heterocycles. The van der Waals surface area contributed by atoms with Crippen molar-refractivity contribution < 1.29 is 4.39 Å². The summed E-state index contributed by atoms with van der Waals surface area (Å²) in [6.45, 7) is 0.